The van der Waals surface area contributed by atoms with E-state index in [1.165, 1.54) is 6.33 Å². The molecular weight excluding hydrogens is 318 g/mol. The Kier molecular flexibility index (Phi) is 4.91. The van der Waals surface area contributed by atoms with Gasteiger partial charge in [0.15, 0.2) is 0 Å². The number of nitrogens with one attached hydrogen (secondary N) is 1. The molecule has 0 spiro atoms. The van der Waals surface area contributed by atoms with Crippen LogP contribution in [0.2, 0.25) is 0 Å². The van der Waals surface area contributed by atoms with E-state index in [9.17, 15) is 0 Å². The van der Waals surface area contributed by atoms with Gasteiger partial charge in [-0.1, -0.05) is 12.1 Å². The maximum atomic E-state index is 8.53. The lowest BCUT2D eigenvalue weighted by Gasteiger charge is -2.20. The molecule has 0 aliphatic rings. The largest absolute Gasteiger partial charge is 0.369 e. The van der Waals surface area contributed by atoms with E-state index in [4.69, 9.17) is 5.26 Å². The fourth-order valence-electron chi connectivity index (χ4n) is 1.72. The highest BCUT2D eigenvalue weighted by atomic mass is 79.9. The molecule has 0 bridgehead atoms. The molecule has 0 amide bonds. The van der Waals surface area contributed by atoms with Crippen molar-refractivity contribution in [2.45, 2.75) is 6.42 Å². The molecule has 0 fully saturated rings. The Bertz CT molecular complexity index is 623. The van der Waals surface area contributed by atoms with Crippen LogP contribution in [0, 0.1) is 11.3 Å². The molecule has 102 valence electrons. The first-order chi connectivity index (χ1) is 9.72. The summed E-state index contributed by atoms with van der Waals surface area (Å²) >= 11 is 3.53. The number of nitriles is 1. The molecule has 1 aromatic heterocycles. The van der Waals surface area contributed by atoms with Crippen LogP contribution in [-0.2, 0) is 0 Å². The monoisotopic (exact) mass is 331 g/mol. The van der Waals surface area contributed by atoms with Crippen LogP contribution in [0.1, 0.15) is 6.42 Å². The van der Waals surface area contributed by atoms with Gasteiger partial charge in [0, 0.05) is 24.1 Å². The van der Waals surface area contributed by atoms with Crippen molar-refractivity contribution in [1.29, 1.82) is 5.26 Å². The number of hydrogen-bond acceptors (Lipinski definition) is 5. The molecule has 1 N–H and O–H groups in total. The number of anilines is 3. The van der Waals surface area contributed by atoms with Gasteiger partial charge in [-0.05, 0) is 28.1 Å². The molecule has 0 aliphatic carbocycles. The van der Waals surface area contributed by atoms with Crippen molar-refractivity contribution >= 4 is 33.3 Å². The molecule has 0 atom stereocenters. The Hall–Kier alpha value is -2.13. The van der Waals surface area contributed by atoms with Crippen molar-refractivity contribution in [2.24, 2.45) is 0 Å². The predicted octanol–water partition coefficient (Wildman–Crippen LogP) is 3.33. The molecule has 0 aliphatic heterocycles. The first kappa shape index (κ1) is 14.3. The number of nitrogens with zero attached hydrogens (tertiary/aromatic N) is 4. The smallest absolute Gasteiger partial charge is 0.138 e. The molecule has 0 saturated heterocycles. The van der Waals surface area contributed by atoms with Crippen LogP contribution in [0.15, 0.2) is 41.1 Å². The zero-order chi connectivity index (χ0) is 14.4. The van der Waals surface area contributed by atoms with Crippen molar-refractivity contribution in [1.82, 2.24) is 9.97 Å². The van der Waals surface area contributed by atoms with Crippen LogP contribution < -0.4 is 10.2 Å². The fraction of sp³-hybridized carbons (Fsp3) is 0.214. The second-order valence-corrected chi connectivity index (χ2v) is 4.96. The van der Waals surface area contributed by atoms with Gasteiger partial charge >= 0.3 is 0 Å². The van der Waals surface area contributed by atoms with E-state index in [0.717, 1.165) is 16.0 Å². The molecule has 1 aromatic carbocycles. The predicted molar refractivity (Wildman–Crippen MR) is 83.0 cm³/mol. The van der Waals surface area contributed by atoms with Crippen molar-refractivity contribution in [3.05, 3.63) is 41.1 Å². The van der Waals surface area contributed by atoms with E-state index in [1.54, 1.807) is 0 Å². The highest BCUT2D eigenvalue weighted by Crippen LogP contribution is 2.29. The Morgan fingerprint density at radius 1 is 1.35 bits per heavy atom. The molecular formula is C14H14BrN5. The maximum absolute atomic E-state index is 8.53. The van der Waals surface area contributed by atoms with Crippen molar-refractivity contribution < 1.29 is 0 Å². The van der Waals surface area contributed by atoms with Gasteiger partial charge in [-0.25, -0.2) is 9.97 Å². The van der Waals surface area contributed by atoms with Crippen molar-refractivity contribution in [2.75, 3.05) is 23.8 Å². The fourth-order valence-corrected chi connectivity index (χ4v) is 2.27. The molecule has 0 saturated carbocycles. The zero-order valence-corrected chi connectivity index (χ0v) is 12.6. The third-order valence-electron chi connectivity index (χ3n) is 2.75. The van der Waals surface area contributed by atoms with E-state index >= 15 is 0 Å². The van der Waals surface area contributed by atoms with Crippen LogP contribution in [-0.4, -0.2) is 23.6 Å². The van der Waals surface area contributed by atoms with E-state index < -0.39 is 0 Å². The minimum absolute atomic E-state index is 0.444. The molecule has 5 nitrogen and oxygen atoms in total. The average Bonchev–Trinajstić information content (AvgIpc) is 2.48. The van der Waals surface area contributed by atoms with Gasteiger partial charge in [0.1, 0.15) is 18.0 Å². The van der Waals surface area contributed by atoms with Gasteiger partial charge in [0.05, 0.1) is 18.2 Å². The van der Waals surface area contributed by atoms with Crippen LogP contribution in [0.5, 0.6) is 0 Å². The normalized spacial score (nSPS) is 9.85. The van der Waals surface area contributed by atoms with E-state index in [2.05, 4.69) is 37.3 Å². The Morgan fingerprint density at radius 2 is 2.15 bits per heavy atom. The highest BCUT2D eigenvalue weighted by Gasteiger charge is 2.09. The van der Waals surface area contributed by atoms with E-state index in [0.29, 0.717) is 18.8 Å². The zero-order valence-electron chi connectivity index (χ0n) is 11.0. The summed E-state index contributed by atoms with van der Waals surface area (Å²) in [5, 5.41) is 11.6. The molecule has 20 heavy (non-hydrogen) atoms. The van der Waals surface area contributed by atoms with Crippen LogP contribution >= 0.6 is 15.9 Å². The van der Waals surface area contributed by atoms with Crippen LogP contribution in [0.3, 0.4) is 0 Å². The minimum Gasteiger partial charge on any atom is -0.369 e. The quantitative estimate of drug-likeness (QED) is 0.851. The summed E-state index contributed by atoms with van der Waals surface area (Å²) in [6.45, 7) is 0.575. The lowest BCUT2D eigenvalue weighted by Crippen LogP contribution is -2.13. The summed E-state index contributed by atoms with van der Waals surface area (Å²) in [6, 6.07) is 11.9. The second-order valence-electron chi connectivity index (χ2n) is 4.11. The molecule has 1 heterocycles. The molecule has 2 aromatic rings. The lowest BCUT2D eigenvalue weighted by atomic mass is 10.3. The summed E-state index contributed by atoms with van der Waals surface area (Å²) in [6.07, 6.45) is 1.96. The summed E-state index contributed by atoms with van der Waals surface area (Å²) in [5.41, 5.74) is 1.02. The van der Waals surface area contributed by atoms with Gasteiger partial charge < -0.3 is 10.2 Å². The SMILES string of the molecule is CN(c1cc(NCCC#N)ncn1)c1ccccc1Br. The highest BCUT2D eigenvalue weighted by molar-refractivity contribution is 9.10. The number of para-hydroxylation sites is 1. The summed E-state index contributed by atoms with van der Waals surface area (Å²) < 4.78 is 1.00. The topological polar surface area (TPSA) is 64.8 Å². The van der Waals surface area contributed by atoms with Gasteiger partial charge in [0.25, 0.3) is 0 Å². The second kappa shape index (κ2) is 6.87. The van der Waals surface area contributed by atoms with Crippen LogP contribution in [0.4, 0.5) is 17.3 Å². The minimum atomic E-state index is 0.444. The first-order valence-corrected chi connectivity index (χ1v) is 6.93. The van der Waals surface area contributed by atoms with Crippen LogP contribution in [0.25, 0.3) is 0 Å². The molecule has 2 rings (SSSR count). The Morgan fingerprint density at radius 3 is 2.90 bits per heavy atom. The van der Waals surface area contributed by atoms with Gasteiger partial charge in [-0.3, -0.25) is 0 Å². The maximum Gasteiger partial charge on any atom is 0.138 e. The summed E-state index contributed by atoms with van der Waals surface area (Å²) in [4.78, 5) is 10.4. The Labute approximate surface area is 126 Å². The first-order valence-electron chi connectivity index (χ1n) is 6.13. The standard InChI is InChI=1S/C14H14BrN5/c1-20(12-6-3-2-5-11(12)15)14-9-13(18-10-19-14)17-8-4-7-16/h2-3,5-6,9-10H,4,8H2,1H3,(H,17,18,19). The third-order valence-corrected chi connectivity index (χ3v) is 3.42. The van der Waals surface area contributed by atoms with Crippen molar-refractivity contribution in [3.8, 4) is 6.07 Å². The lowest BCUT2D eigenvalue weighted by molar-refractivity contribution is 1.03. The number of hydrogen-bond donors (Lipinski definition) is 1. The van der Waals surface area contributed by atoms with Crippen molar-refractivity contribution in [3.63, 3.8) is 0 Å². The van der Waals surface area contributed by atoms with E-state index in [1.807, 2.05) is 42.3 Å². The molecule has 0 radical (unpaired) electrons. The number of rotatable bonds is 5. The third kappa shape index (κ3) is 3.45. The molecule has 0 unspecified atom stereocenters. The number of aromatic nitrogens is 2. The average molecular weight is 332 g/mol. The Balaban J connectivity index is 2.18. The van der Waals surface area contributed by atoms with Gasteiger partial charge in [-0.2, -0.15) is 5.26 Å². The number of halogens is 1. The molecule has 6 heteroatoms. The van der Waals surface area contributed by atoms with Gasteiger partial charge in [-0.15, -0.1) is 0 Å². The summed E-state index contributed by atoms with van der Waals surface area (Å²) in [7, 11) is 1.95. The van der Waals surface area contributed by atoms with E-state index in [-0.39, 0.29) is 0 Å². The summed E-state index contributed by atoms with van der Waals surface area (Å²) in [5.74, 6) is 1.50. The number of benzene rings is 1. The van der Waals surface area contributed by atoms with Gasteiger partial charge in [0.2, 0.25) is 0 Å².